The Labute approximate surface area is 184 Å². The number of nitriles is 1. The van der Waals surface area contributed by atoms with Crippen LogP contribution in [0.25, 0.3) is 0 Å². The third kappa shape index (κ3) is 4.60. The molecule has 2 N–H and O–H groups in total. The van der Waals surface area contributed by atoms with Gasteiger partial charge in [0.2, 0.25) is 5.91 Å². The van der Waals surface area contributed by atoms with Gasteiger partial charge in [0, 0.05) is 24.5 Å². The lowest BCUT2D eigenvalue weighted by Crippen LogP contribution is -2.44. The predicted molar refractivity (Wildman–Crippen MR) is 115 cm³/mol. The first-order chi connectivity index (χ1) is 15.0. The van der Waals surface area contributed by atoms with Crippen molar-refractivity contribution in [2.45, 2.75) is 25.4 Å². The van der Waals surface area contributed by atoms with Gasteiger partial charge in [0.25, 0.3) is 5.91 Å². The Morgan fingerprint density at radius 1 is 1.26 bits per heavy atom. The summed E-state index contributed by atoms with van der Waals surface area (Å²) in [7, 11) is 0. The smallest absolute Gasteiger partial charge is 0.272 e. The summed E-state index contributed by atoms with van der Waals surface area (Å²) in [5.41, 5.74) is 2.52. The lowest BCUT2D eigenvalue weighted by molar-refractivity contribution is -0.123. The average molecular weight is 434 g/mol. The number of hydrogen-bond donors (Lipinski definition) is 2. The second-order valence-electron chi connectivity index (χ2n) is 7.35. The number of carbonyl (C=O) groups is 2. The quantitative estimate of drug-likeness (QED) is 0.623. The van der Waals surface area contributed by atoms with Crippen LogP contribution in [0.2, 0.25) is 5.02 Å². The minimum Gasteiger partial charge on any atom is -0.354 e. The molecule has 7 nitrogen and oxygen atoms in total. The molecule has 1 aliphatic heterocycles. The zero-order valence-corrected chi connectivity index (χ0v) is 17.4. The number of amides is 2. The van der Waals surface area contributed by atoms with Crippen molar-refractivity contribution in [3.63, 3.8) is 0 Å². The molecule has 1 aromatic heterocycles. The summed E-state index contributed by atoms with van der Waals surface area (Å²) in [5.74, 6) is 0.0945. The monoisotopic (exact) mass is 433 g/mol. The van der Waals surface area contributed by atoms with Crippen molar-refractivity contribution in [2.75, 3.05) is 6.54 Å². The molecular weight excluding hydrogens is 414 g/mol. The number of halogens is 1. The molecule has 1 atom stereocenters. The maximum atomic E-state index is 13.3. The van der Waals surface area contributed by atoms with E-state index in [1.165, 1.54) is 6.20 Å². The fourth-order valence-electron chi connectivity index (χ4n) is 3.71. The second kappa shape index (κ2) is 9.02. The molecule has 2 amide bonds. The van der Waals surface area contributed by atoms with Gasteiger partial charge in [-0.05, 0) is 35.7 Å². The van der Waals surface area contributed by atoms with E-state index in [1.807, 2.05) is 24.3 Å². The fraction of sp³-hybridized carbons (Fsp3) is 0.217. The van der Waals surface area contributed by atoms with Gasteiger partial charge in [0.1, 0.15) is 17.6 Å². The number of rotatable bonds is 6. The summed E-state index contributed by atoms with van der Waals surface area (Å²) in [6.45, 7) is 0.783. The third-order valence-corrected chi connectivity index (χ3v) is 5.49. The van der Waals surface area contributed by atoms with E-state index >= 15 is 0 Å². The number of nitrogens with one attached hydrogen (secondary N) is 2. The minimum atomic E-state index is -0.558. The van der Waals surface area contributed by atoms with Gasteiger partial charge >= 0.3 is 0 Å². The van der Waals surface area contributed by atoms with Gasteiger partial charge in [-0.25, -0.2) is 4.98 Å². The number of carbonyl (C=O) groups excluding carboxylic acids is 2. The third-order valence-electron chi connectivity index (χ3n) is 5.25. The van der Waals surface area contributed by atoms with E-state index in [2.05, 4.69) is 21.4 Å². The van der Waals surface area contributed by atoms with E-state index in [-0.39, 0.29) is 18.4 Å². The number of imidazole rings is 1. The Morgan fingerprint density at radius 3 is 2.84 bits per heavy atom. The van der Waals surface area contributed by atoms with Crippen molar-refractivity contribution < 1.29 is 9.59 Å². The Kier molecular flexibility index (Phi) is 6.01. The largest absolute Gasteiger partial charge is 0.354 e. The SMILES string of the molecule is N#Cc1ccccc1Cc1ncc(C(=O)N(Cc2cccc(Cl)c2)C2CCNC2=O)[nH]1. The van der Waals surface area contributed by atoms with Gasteiger partial charge in [-0.15, -0.1) is 0 Å². The van der Waals surface area contributed by atoms with Crippen LogP contribution in [0.4, 0.5) is 0 Å². The summed E-state index contributed by atoms with van der Waals surface area (Å²) in [6.07, 6.45) is 2.42. The molecule has 0 saturated carbocycles. The van der Waals surface area contributed by atoms with Crippen LogP contribution in [0.1, 0.15) is 39.4 Å². The highest BCUT2D eigenvalue weighted by Gasteiger charge is 2.34. The first kappa shape index (κ1) is 20.6. The van der Waals surface area contributed by atoms with Crippen LogP contribution in [0, 0.1) is 11.3 Å². The Hall–Kier alpha value is -3.63. The maximum Gasteiger partial charge on any atom is 0.272 e. The summed E-state index contributed by atoms with van der Waals surface area (Å²) in [6, 6.07) is 16.1. The summed E-state index contributed by atoms with van der Waals surface area (Å²) < 4.78 is 0. The van der Waals surface area contributed by atoms with Gasteiger partial charge < -0.3 is 15.2 Å². The van der Waals surface area contributed by atoms with Crippen molar-refractivity contribution in [2.24, 2.45) is 0 Å². The number of hydrogen-bond acceptors (Lipinski definition) is 4. The number of aromatic amines is 1. The molecule has 1 aliphatic rings. The van der Waals surface area contributed by atoms with Crippen LogP contribution < -0.4 is 5.32 Å². The molecule has 0 radical (unpaired) electrons. The summed E-state index contributed by atoms with van der Waals surface area (Å²) in [5, 5.41) is 12.6. The van der Waals surface area contributed by atoms with E-state index in [9.17, 15) is 14.9 Å². The Bertz CT molecular complexity index is 1170. The molecule has 31 heavy (non-hydrogen) atoms. The number of aromatic nitrogens is 2. The summed E-state index contributed by atoms with van der Waals surface area (Å²) >= 11 is 6.10. The van der Waals surface area contributed by atoms with Gasteiger partial charge in [-0.2, -0.15) is 5.26 Å². The first-order valence-corrected chi connectivity index (χ1v) is 10.3. The first-order valence-electron chi connectivity index (χ1n) is 9.90. The van der Waals surface area contributed by atoms with Gasteiger partial charge in [-0.1, -0.05) is 41.9 Å². The van der Waals surface area contributed by atoms with Crippen molar-refractivity contribution >= 4 is 23.4 Å². The Morgan fingerprint density at radius 2 is 2.10 bits per heavy atom. The molecule has 0 spiro atoms. The van der Waals surface area contributed by atoms with Gasteiger partial charge in [0.05, 0.1) is 17.8 Å². The molecular formula is C23H20ClN5O2. The highest BCUT2D eigenvalue weighted by molar-refractivity contribution is 6.30. The van der Waals surface area contributed by atoms with Crippen LogP contribution >= 0.6 is 11.6 Å². The van der Waals surface area contributed by atoms with Crippen LogP contribution in [0.15, 0.2) is 54.7 Å². The van der Waals surface area contributed by atoms with Crippen molar-refractivity contribution in [1.29, 1.82) is 5.26 Å². The zero-order valence-electron chi connectivity index (χ0n) is 16.6. The molecule has 156 valence electrons. The normalized spacial score (nSPS) is 15.4. The van der Waals surface area contributed by atoms with Gasteiger partial charge in [0.15, 0.2) is 0 Å². The predicted octanol–water partition coefficient (Wildman–Crippen LogP) is 3.06. The van der Waals surface area contributed by atoms with Crippen LogP contribution in [-0.2, 0) is 17.8 Å². The lowest BCUT2D eigenvalue weighted by atomic mass is 10.1. The van der Waals surface area contributed by atoms with Crippen molar-refractivity contribution in [3.05, 3.63) is 88.0 Å². The van der Waals surface area contributed by atoms with Crippen molar-refractivity contribution in [3.8, 4) is 6.07 Å². The summed E-state index contributed by atoms with van der Waals surface area (Å²) in [4.78, 5) is 34.6. The molecule has 0 bridgehead atoms. The van der Waals surface area contributed by atoms with Crippen LogP contribution in [-0.4, -0.2) is 39.3 Å². The lowest BCUT2D eigenvalue weighted by Gasteiger charge is -2.27. The van der Waals surface area contributed by atoms with E-state index < -0.39 is 6.04 Å². The zero-order chi connectivity index (χ0) is 21.8. The molecule has 4 rings (SSSR count). The fourth-order valence-corrected chi connectivity index (χ4v) is 3.93. The highest BCUT2D eigenvalue weighted by atomic mass is 35.5. The van der Waals surface area contributed by atoms with Crippen molar-refractivity contribution in [1.82, 2.24) is 20.2 Å². The highest BCUT2D eigenvalue weighted by Crippen LogP contribution is 2.20. The molecule has 2 aromatic carbocycles. The molecule has 1 unspecified atom stereocenters. The maximum absolute atomic E-state index is 13.3. The number of benzene rings is 2. The average Bonchev–Trinajstić information content (AvgIpc) is 3.41. The number of nitrogens with zero attached hydrogens (tertiary/aromatic N) is 3. The van der Waals surface area contributed by atoms with E-state index in [0.717, 1.165) is 11.1 Å². The van der Waals surface area contributed by atoms with E-state index in [0.29, 0.717) is 41.5 Å². The Balaban J connectivity index is 1.58. The standard InChI is InChI=1S/C23H20ClN5O2/c24-18-7-3-4-15(10-18)14-29(20-8-9-26-22(20)30)23(31)19-13-27-21(28-19)11-16-5-1-2-6-17(16)12-25/h1-7,10,13,20H,8-9,11,14H2,(H,26,30)(H,27,28). The minimum absolute atomic E-state index is 0.168. The molecule has 3 aromatic rings. The van der Waals surface area contributed by atoms with Crippen LogP contribution in [0.3, 0.4) is 0 Å². The second-order valence-corrected chi connectivity index (χ2v) is 7.78. The molecule has 2 heterocycles. The van der Waals surface area contributed by atoms with Gasteiger partial charge in [-0.3, -0.25) is 9.59 Å². The molecule has 0 aliphatic carbocycles. The molecule has 1 fully saturated rings. The number of H-pyrrole nitrogens is 1. The molecule has 1 saturated heterocycles. The van der Waals surface area contributed by atoms with Crippen LogP contribution in [0.5, 0.6) is 0 Å². The van der Waals surface area contributed by atoms with E-state index in [1.54, 1.807) is 29.2 Å². The topological polar surface area (TPSA) is 102 Å². The van der Waals surface area contributed by atoms with E-state index in [4.69, 9.17) is 11.6 Å². The molecule has 8 heteroatoms.